The van der Waals surface area contributed by atoms with Gasteiger partial charge in [-0.2, -0.15) is 0 Å². The lowest BCUT2D eigenvalue weighted by atomic mass is 9.79. The number of piperazine rings is 1. The Hall–Kier alpha value is -1.63. The molecule has 2 N–H and O–H groups in total. The fourth-order valence-corrected chi connectivity index (χ4v) is 4.37. The lowest BCUT2D eigenvalue weighted by Crippen LogP contribution is -2.59. The third-order valence-corrected chi connectivity index (χ3v) is 5.50. The van der Waals surface area contributed by atoms with E-state index in [0.29, 0.717) is 13.2 Å². The van der Waals surface area contributed by atoms with Crippen molar-refractivity contribution in [1.82, 2.24) is 15.5 Å². The van der Waals surface area contributed by atoms with E-state index < -0.39 is 11.6 Å². The van der Waals surface area contributed by atoms with Crippen LogP contribution in [0.2, 0.25) is 0 Å². The van der Waals surface area contributed by atoms with Crippen LogP contribution in [0.5, 0.6) is 0 Å². The molecule has 1 saturated heterocycles. The molecule has 0 aromatic carbocycles. The first-order valence-corrected chi connectivity index (χ1v) is 10.6. The summed E-state index contributed by atoms with van der Waals surface area (Å²) in [5.74, 6) is -0.518. The van der Waals surface area contributed by atoms with Crippen LogP contribution in [0.3, 0.4) is 0 Å². The molecule has 0 spiro atoms. The number of esters is 1. The van der Waals surface area contributed by atoms with Crippen molar-refractivity contribution >= 4 is 17.8 Å². The van der Waals surface area contributed by atoms with Gasteiger partial charge in [0.15, 0.2) is 0 Å². The van der Waals surface area contributed by atoms with Crippen LogP contribution in [-0.4, -0.2) is 60.5 Å². The molecule has 160 valence electrons. The van der Waals surface area contributed by atoms with Crippen LogP contribution >= 0.6 is 0 Å². The molecule has 0 bridgehead atoms. The number of ether oxygens (including phenoxy) is 1. The van der Waals surface area contributed by atoms with Crippen molar-refractivity contribution in [3.63, 3.8) is 0 Å². The third kappa shape index (κ3) is 6.76. The summed E-state index contributed by atoms with van der Waals surface area (Å²) < 4.78 is 5.13. The predicted molar refractivity (Wildman–Crippen MR) is 108 cm³/mol. The van der Waals surface area contributed by atoms with Crippen molar-refractivity contribution in [1.29, 1.82) is 0 Å². The van der Waals surface area contributed by atoms with Crippen molar-refractivity contribution in [2.24, 2.45) is 5.41 Å². The molecule has 2 fully saturated rings. The summed E-state index contributed by atoms with van der Waals surface area (Å²) in [7, 11) is 0. The van der Waals surface area contributed by atoms with Crippen LogP contribution in [0, 0.1) is 5.41 Å². The van der Waals surface area contributed by atoms with Gasteiger partial charge in [0.05, 0.1) is 31.0 Å². The second kappa shape index (κ2) is 9.72. The number of nitrogens with zero attached hydrogens (tertiary/aromatic N) is 1. The van der Waals surface area contributed by atoms with Crippen LogP contribution in [0.15, 0.2) is 0 Å². The zero-order valence-electron chi connectivity index (χ0n) is 17.9. The second-order valence-corrected chi connectivity index (χ2v) is 9.41. The Bertz CT molecular complexity index is 564. The standard InChI is InChI=1S/C21H37N3O4/c1-5-28-18(26)14-21(9-7-6-8-10-21)23-17(25)13-16-19(27)22-11-12-24(16)15-20(2,3)4/h16H,5-15H2,1-4H3,(H,22,27)(H,23,25). The highest BCUT2D eigenvalue weighted by atomic mass is 16.5. The lowest BCUT2D eigenvalue weighted by Gasteiger charge is -2.40. The fourth-order valence-electron chi connectivity index (χ4n) is 4.37. The second-order valence-electron chi connectivity index (χ2n) is 9.41. The summed E-state index contributed by atoms with van der Waals surface area (Å²) in [5, 5.41) is 6.01. The first-order chi connectivity index (χ1) is 13.1. The predicted octanol–water partition coefficient (Wildman–Crippen LogP) is 2.00. The van der Waals surface area contributed by atoms with Gasteiger partial charge in [-0.15, -0.1) is 0 Å². The van der Waals surface area contributed by atoms with Gasteiger partial charge in [-0.3, -0.25) is 19.3 Å². The quantitative estimate of drug-likeness (QED) is 0.644. The van der Waals surface area contributed by atoms with Crippen molar-refractivity contribution in [3.8, 4) is 0 Å². The van der Waals surface area contributed by atoms with E-state index in [1.807, 2.05) is 0 Å². The van der Waals surface area contributed by atoms with Gasteiger partial charge in [-0.1, -0.05) is 40.0 Å². The summed E-state index contributed by atoms with van der Waals surface area (Å²) in [4.78, 5) is 39.6. The van der Waals surface area contributed by atoms with Crippen LogP contribution < -0.4 is 10.6 Å². The van der Waals surface area contributed by atoms with Gasteiger partial charge in [0.2, 0.25) is 11.8 Å². The first-order valence-electron chi connectivity index (χ1n) is 10.6. The summed E-state index contributed by atoms with van der Waals surface area (Å²) >= 11 is 0. The number of hydrogen-bond acceptors (Lipinski definition) is 5. The van der Waals surface area contributed by atoms with E-state index in [1.165, 1.54) is 0 Å². The molecule has 2 amide bonds. The van der Waals surface area contributed by atoms with E-state index >= 15 is 0 Å². The van der Waals surface area contributed by atoms with Crippen LogP contribution in [0.4, 0.5) is 0 Å². The summed E-state index contributed by atoms with van der Waals surface area (Å²) in [6.45, 7) is 10.6. The Balaban J connectivity index is 2.05. The van der Waals surface area contributed by atoms with Gasteiger partial charge in [-0.05, 0) is 25.2 Å². The number of nitrogens with one attached hydrogen (secondary N) is 2. The Morgan fingerprint density at radius 1 is 1.25 bits per heavy atom. The molecule has 1 unspecified atom stereocenters. The highest BCUT2D eigenvalue weighted by Crippen LogP contribution is 2.32. The Labute approximate surface area is 168 Å². The van der Waals surface area contributed by atoms with Gasteiger partial charge >= 0.3 is 5.97 Å². The minimum Gasteiger partial charge on any atom is -0.466 e. The molecule has 0 radical (unpaired) electrons. The number of hydrogen-bond donors (Lipinski definition) is 2. The third-order valence-electron chi connectivity index (χ3n) is 5.50. The molecular formula is C21H37N3O4. The Morgan fingerprint density at radius 3 is 2.54 bits per heavy atom. The van der Waals surface area contributed by atoms with Crippen LogP contribution in [0.1, 0.15) is 72.6 Å². The Kier molecular flexibility index (Phi) is 7.87. The number of carbonyl (C=O) groups excluding carboxylic acids is 3. The van der Waals surface area contributed by atoms with E-state index in [-0.39, 0.29) is 36.0 Å². The molecule has 2 aliphatic rings. The SMILES string of the molecule is CCOC(=O)CC1(NC(=O)CC2C(=O)NCCN2CC(C)(C)C)CCCCC1. The fraction of sp³-hybridized carbons (Fsp3) is 0.857. The normalized spacial score (nSPS) is 23.0. The minimum absolute atomic E-state index is 0.0425. The Morgan fingerprint density at radius 2 is 1.93 bits per heavy atom. The summed E-state index contributed by atoms with van der Waals surface area (Å²) in [6.07, 6.45) is 4.96. The summed E-state index contributed by atoms with van der Waals surface area (Å²) in [5.41, 5.74) is -0.498. The van der Waals surface area contributed by atoms with Crippen molar-refractivity contribution < 1.29 is 19.1 Å². The van der Waals surface area contributed by atoms with E-state index in [0.717, 1.165) is 45.2 Å². The van der Waals surface area contributed by atoms with Crippen molar-refractivity contribution in [2.75, 3.05) is 26.2 Å². The maximum atomic E-state index is 12.9. The lowest BCUT2D eigenvalue weighted by molar-refractivity contribution is -0.146. The maximum absolute atomic E-state index is 12.9. The van der Waals surface area contributed by atoms with Gasteiger partial charge in [0, 0.05) is 19.6 Å². The zero-order chi connectivity index (χ0) is 20.8. The number of amides is 2. The van der Waals surface area contributed by atoms with E-state index in [9.17, 15) is 14.4 Å². The molecule has 1 heterocycles. The monoisotopic (exact) mass is 395 g/mol. The largest absolute Gasteiger partial charge is 0.466 e. The topological polar surface area (TPSA) is 87.7 Å². The molecule has 1 saturated carbocycles. The van der Waals surface area contributed by atoms with Crippen LogP contribution in [0.25, 0.3) is 0 Å². The van der Waals surface area contributed by atoms with Gasteiger partial charge in [0.1, 0.15) is 0 Å². The van der Waals surface area contributed by atoms with Gasteiger partial charge < -0.3 is 15.4 Å². The van der Waals surface area contributed by atoms with Crippen molar-refractivity contribution in [2.45, 2.75) is 84.2 Å². The molecule has 0 aromatic rings. The van der Waals surface area contributed by atoms with E-state index in [4.69, 9.17) is 4.74 Å². The molecule has 7 nitrogen and oxygen atoms in total. The van der Waals surface area contributed by atoms with E-state index in [2.05, 4.69) is 36.3 Å². The van der Waals surface area contributed by atoms with Gasteiger partial charge in [-0.25, -0.2) is 0 Å². The molecule has 2 rings (SSSR count). The molecule has 1 atom stereocenters. The maximum Gasteiger partial charge on any atom is 0.308 e. The highest BCUT2D eigenvalue weighted by Gasteiger charge is 2.39. The number of rotatable bonds is 7. The first kappa shape index (κ1) is 22.7. The highest BCUT2D eigenvalue weighted by molar-refractivity contribution is 5.89. The van der Waals surface area contributed by atoms with Crippen LogP contribution in [-0.2, 0) is 19.1 Å². The smallest absolute Gasteiger partial charge is 0.308 e. The molecule has 28 heavy (non-hydrogen) atoms. The van der Waals surface area contributed by atoms with Crippen molar-refractivity contribution in [3.05, 3.63) is 0 Å². The number of carbonyl (C=O) groups is 3. The van der Waals surface area contributed by atoms with E-state index in [1.54, 1.807) is 6.92 Å². The van der Waals surface area contributed by atoms with Gasteiger partial charge in [0.25, 0.3) is 0 Å². The molecule has 0 aromatic heterocycles. The molecule has 1 aliphatic heterocycles. The molecule has 1 aliphatic carbocycles. The molecule has 7 heteroatoms. The average Bonchev–Trinajstić information content (AvgIpc) is 2.57. The zero-order valence-corrected chi connectivity index (χ0v) is 17.9. The average molecular weight is 396 g/mol. The minimum atomic E-state index is -0.540. The summed E-state index contributed by atoms with van der Waals surface area (Å²) in [6, 6.07) is -0.462. The molecular weight excluding hydrogens is 358 g/mol.